The van der Waals surface area contributed by atoms with Crippen molar-refractivity contribution in [2.24, 2.45) is 0 Å². The van der Waals surface area contributed by atoms with Crippen molar-refractivity contribution in [3.63, 3.8) is 0 Å². The number of rotatable bonds is 10. The van der Waals surface area contributed by atoms with Gasteiger partial charge in [-0.1, -0.05) is 57.9 Å². The number of carbonyl (C=O) groups is 1. The first-order valence-electron chi connectivity index (χ1n) is 11.9. The third-order valence-corrected chi connectivity index (χ3v) is 5.91. The molecule has 0 spiro atoms. The minimum Gasteiger partial charge on any atom is -0.333 e. The van der Waals surface area contributed by atoms with Crippen molar-refractivity contribution in [1.29, 1.82) is 0 Å². The lowest BCUT2D eigenvalue weighted by Crippen LogP contribution is -2.39. The molecule has 5 nitrogen and oxygen atoms in total. The van der Waals surface area contributed by atoms with E-state index in [9.17, 15) is 9.59 Å². The zero-order valence-electron chi connectivity index (χ0n) is 19.8. The van der Waals surface area contributed by atoms with Gasteiger partial charge in [0.05, 0.1) is 22.6 Å². The normalized spacial score (nSPS) is 12.1. The lowest BCUT2D eigenvalue weighted by molar-refractivity contribution is -0.134. The monoisotopic (exact) mass is 433 g/mol. The highest BCUT2D eigenvalue weighted by Gasteiger charge is 2.28. The molecule has 0 N–H and O–H groups in total. The van der Waals surface area contributed by atoms with Gasteiger partial charge < -0.3 is 4.90 Å². The Balaban J connectivity index is 2.23. The first-order valence-corrected chi connectivity index (χ1v) is 11.9. The van der Waals surface area contributed by atoms with Gasteiger partial charge in [-0.3, -0.25) is 14.2 Å². The second-order valence-electron chi connectivity index (χ2n) is 8.44. The van der Waals surface area contributed by atoms with Crippen LogP contribution in [0, 0.1) is 6.92 Å². The Labute approximate surface area is 191 Å². The second kappa shape index (κ2) is 11.1. The van der Waals surface area contributed by atoms with Crippen molar-refractivity contribution in [3.8, 4) is 5.69 Å². The average molecular weight is 434 g/mol. The van der Waals surface area contributed by atoms with Crippen molar-refractivity contribution in [1.82, 2.24) is 14.5 Å². The van der Waals surface area contributed by atoms with Gasteiger partial charge >= 0.3 is 0 Å². The molecule has 0 fully saturated rings. The summed E-state index contributed by atoms with van der Waals surface area (Å²) in [4.78, 5) is 33.8. The molecule has 1 atom stereocenters. The van der Waals surface area contributed by atoms with Gasteiger partial charge in [0.25, 0.3) is 5.56 Å². The number of nitrogens with zero attached hydrogens (tertiary/aromatic N) is 3. The van der Waals surface area contributed by atoms with Crippen molar-refractivity contribution >= 4 is 16.8 Å². The standard InChI is InChI=1S/C27H35N3O2/c1-5-8-11-18-29(25(31)13-6-2)24(7-3)26-28-23-17-10-9-16-22(23)27(32)30(26)21-15-12-14-20(4)19-21/h9-10,12,14-17,19,24H,5-8,11,13,18H2,1-4H3/t24-/m0/s1. The predicted octanol–water partition coefficient (Wildman–Crippen LogP) is 5.96. The summed E-state index contributed by atoms with van der Waals surface area (Å²) in [5.74, 6) is 0.774. The predicted molar refractivity (Wildman–Crippen MR) is 131 cm³/mol. The maximum Gasteiger partial charge on any atom is 0.266 e. The Morgan fingerprint density at radius 1 is 1.03 bits per heavy atom. The fourth-order valence-corrected chi connectivity index (χ4v) is 4.28. The van der Waals surface area contributed by atoms with Gasteiger partial charge in [-0.05, 0) is 56.0 Å². The molecule has 32 heavy (non-hydrogen) atoms. The van der Waals surface area contributed by atoms with Crippen LogP contribution in [0.15, 0.2) is 53.3 Å². The molecule has 170 valence electrons. The summed E-state index contributed by atoms with van der Waals surface area (Å²) in [7, 11) is 0. The molecule has 3 rings (SSSR count). The number of aryl methyl sites for hydroxylation is 1. The highest BCUT2D eigenvalue weighted by atomic mass is 16.2. The fourth-order valence-electron chi connectivity index (χ4n) is 4.28. The van der Waals surface area contributed by atoms with Crippen LogP contribution in [-0.4, -0.2) is 26.9 Å². The van der Waals surface area contributed by atoms with Crippen LogP contribution >= 0.6 is 0 Å². The number of para-hydroxylation sites is 1. The molecule has 1 amide bonds. The fraction of sp³-hybridized carbons (Fsp3) is 0.444. The first-order chi connectivity index (χ1) is 15.5. The molecule has 0 aliphatic heterocycles. The van der Waals surface area contributed by atoms with Crippen molar-refractivity contribution < 1.29 is 4.79 Å². The summed E-state index contributed by atoms with van der Waals surface area (Å²) in [5, 5.41) is 0.588. The maximum absolute atomic E-state index is 13.7. The number of aromatic nitrogens is 2. The van der Waals surface area contributed by atoms with Crippen LogP contribution in [0.3, 0.4) is 0 Å². The Morgan fingerprint density at radius 3 is 2.50 bits per heavy atom. The molecular weight excluding hydrogens is 398 g/mol. The molecule has 3 aromatic rings. The van der Waals surface area contributed by atoms with E-state index in [-0.39, 0.29) is 17.5 Å². The Morgan fingerprint density at radius 2 is 1.81 bits per heavy atom. The van der Waals surface area contributed by atoms with E-state index >= 15 is 0 Å². The summed E-state index contributed by atoms with van der Waals surface area (Å²) in [5.41, 5.74) is 2.44. The summed E-state index contributed by atoms with van der Waals surface area (Å²) >= 11 is 0. The lowest BCUT2D eigenvalue weighted by atomic mass is 10.1. The number of amides is 1. The summed E-state index contributed by atoms with van der Waals surface area (Å²) in [6.07, 6.45) is 5.11. The Bertz CT molecular complexity index is 1120. The molecule has 0 aliphatic rings. The lowest BCUT2D eigenvalue weighted by Gasteiger charge is -2.32. The number of fused-ring (bicyclic) bond motifs is 1. The van der Waals surface area contributed by atoms with Crippen LogP contribution in [0.1, 0.15) is 76.7 Å². The van der Waals surface area contributed by atoms with Gasteiger partial charge in [-0.2, -0.15) is 0 Å². The highest BCUT2D eigenvalue weighted by Crippen LogP contribution is 2.27. The van der Waals surface area contributed by atoms with E-state index in [0.717, 1.165) is 36.9 Å². The Hall–Kier alpha value is -2.95. The van der Waals surface area contributed by atoms with Gasteiger partial charge in [0.15, 0.2) is 0 Å². The van der Waals surface area contributed by atoms with Gasteiger partial charge in [-0.15, -0.1) is 0 Å². The van der Waals surface area contributed by atoms with E-state index in [1.807, 2.05) is 67.3 Å². The molecule has 1 heterocycles. The Kier molecular flexibility index (Phi) is 8.20. The van der Waals surface area contributed by atoms with E-state index in [2.05, 4.69) is 13.8 Å². The van der Waals surface area contributed by atoms with Crippen LogP contribution in [-0.2, 0) is 4.79 Å². The largest absolute Gasteiger partial charge is 0.333 e. The van der Waals surface area contributed by atoms with E-state index in [1.165, 1.54) is 0 Å². The van der Waals surface area contributed by atoms with Crippen molar-refractivity contribution in [3.05, 3.63) is 70.3 Å². The van der Waals surface area contributed by atoms with E-state index in [1.54, 1.807) is 4.57 Å². The molecule has 5 heteroatoms. The van der Waals surface area contributed by atoms with Gasteiger partial charge in [0, 0.05) is 13.0 Å². The number of carbonyl (C=O) groups excluding carboxylic acids is 1. The molecule has 0 unspecified atom stereocenters. The summed E-state index contributed by atoms with van der Waals surface area (Å²) in [6, 6.07) is 15.1. The molecule has 0 saturated heterocycles. The van der Waals surface area contributed by atoms with Crippen molar-refractivity contribution in [2.45, 2.75) is 72.3 Å². The first kappa shape index (κ1) is 23.7. The topological polar surface area (TPSA) is 55.2 Å². The van der Waals surface area contributed by atoms with E-state index in [0.29, 0.717) is 36.1 Å². The van der Waals surface area contributed by atoms with E-state index in [4.69, 9.17) is 4.98 Å². The number of hydrogen-bond donors (Lipinski definition) is 0. The van der Waals surface area contributed by atoms with Crippen molar-refractivity contribution in [2.75, 3.05) is 6.54 Å². The molecular formula is C27H35N3O2. The minimum atomic E-state index is -0.260. The van der Waals surface area contributed by atoms with Crippen LogP contribution in [0.5, 0.6) is 0 Å². The third-order valence-electron chi connectivity index (χ3n) is 5.91. The zero-order valence-corrected chi connectivity index (χ0v) is 19.8. The molecule has 2 aromatic carbocycles. The smallest absolute Gasteiger partial charge is 0.266 e. The van der Waals surface area contributed by atoms with Gasteiger partial charge in [-0.25, -0.2) is 4.98 Å². The number of hydrogen-bond acceptors (Lipinski definition) is 3. The molecule has 0 bridgehead atoms. The van der Waals surface area contributed by atoms with Crippen LogP contribution in [0.25, 0.3) is 16.6 Å². The zero-order chi connectivity index (χ0) is 23.1. The highest BCUT2D eigenvalue weighted by molar-refractivity contribution is 5.79. The minimum absolute atomic E-state index is 0.0916. The second-order valence-corrected chi connectivity index (χ2v) is 8.44. The molecule has 0 aliphatic carbocycles. The van der Waals surface area contributed by atoms with Crippen LogP contribution < -0.4 is 5.56 Å². The molecule has 0 saturated carbocycles. The molecule has 1 aromatic heterocycles. The maximum atomic E-state index is 13.7. The third kappa shape index (κ3) is 5.09. The summed E-state index contributed by atoms with van der Waals surface area (Å²) < 4.78 is 1.72. The SMILES string of the molecule is CCCCCN(C(=O)CCC)[C@@H](CC)c1nc2ccccc2c(=O)n1-c1cccc(C)c1. The number of unbranched alkanes of at least 4 members (excludes halogenated alkanes) is 2. The van der Waals surface area contributed by atoms with Crippen LogP contribution in [0.2, 0.25) is 0 Å². The van der Waals surface area contributed by atoms with Gasteiger partial charge in [0.2, 0.25) is 5.91 Å². The average Bonchev–Trinajstić information content (AvgIpc) is 2.79. The number of benzene rings is 2. The molecule has 0 radical (unpaired) electrons. The van der Waals surface area contributed by atoms with Crippen LogP contribution in [0.4, 0.5) is 0 Å². The van der Waals surface area contributed by atoms with E-state index < -0.39 is 0 Å². The van der Waals surface area contributed by atoms with Gasteiger partial charge in [0.1, 0.15) is 5.82 Å². The quantitative estimate of drug-likeness (QED) is 0.370. The summed E-state index contributed by atoms with van der Waals surface area (Å²) in [6.45, 7) is 8.96.